The van der Waals surface area contributed by atoms with Gasteiger partial charge in [-0.3, -0.25) is 19.5 Å². The predicted octanol–water partition coefficient (Wildman–Crippen LogP) is 0.545. The average Bonchev–Trinajstić information content (AvgIpc) is 3.33. The fourth-order valence-corrected chi connectivity index (χ4v) is 3.25. The van der Waals surface area contributed by atoms with Crippen LogP contribution in [0.15, 0.2) is 46.9 Å². The monoisotopic (exact) mass is 370 g/mol. The van der Waals surface area contributed by atoms with E-state index in [1.165, 1.54) is 23.1 Å². The van der Waals surface area contributed by atoms with Crippen molar-refractivity contribution < 1.29 is 23.5 Å². The number of fused-ring (bicyclic) bond motifs is 1. The number of hydrogen-bond acceptors (Lipinski definition) is 7. The Kier molecular flexibility index (Phi) is 4.28. The molecule has 9 heteroatoms. The number of carbonyl (C=O) groups excluding carboxylic acids is 3. The van der Waals surface area contributed by atoms with Crippen LogP contribution in [0.3, 0.4) is 0 Å². The van der Waals surface area contributed by atoms with Gasteiger partial charge in [-0.25, -0.2) is 4.79 Å². The summed E-state index contributed by atoms with van der Waals surface area (Å²) in [5, 5.41) is 1.21. The second-order valence-corrected chi connectivity index (χ2v) is 6.18. The van der Waals surface area contributed by atoms with E-state index in [9.17, 15) is 14.4 Å². The molecule has 1 N–H and O–H groups in total. The maximum atomic E-state index is 12.5. The van der Waals surface area contributed by atoms with Crippen molar-refractivity contribution >= 4 is 23.5 Å². The van der Waals surface area contributed by atoms with Gasteiger partial charge < -0.3 is 14.1 Å². The Bertz CT molecular complexity index is 881. The molecule has 2 amide bonds. The van der Waals surface area contributed by atoms with Gasteiger partial charge in [-0.05, 0) is 24.3 Å². The molecule has 2 saturated heterocycles. The number of hydrazine groups is 1. The molecule has 1 atom stereocenters. The van der Waals surface area contributed by atoms with Crippen molar-refractivity contribution in [1.82, 2.24) is 15.3 Å². The molecular weight excluding hydrogens is 352 g/mol. The van der Waals surface area contributed by atoms with Crippen LogP contribution in [0.2, 0.25) is 0 Å². The summed E-state index contributed by atoms with van der Waals surface area (Å²) in [5.74, 6) is -1.44. The summed E-state index contributed by atoms with van der Waals surface area (Å²) in [7, 11) is 1.26. The Morgan fingerprint density at radius 3 is 2.59 bits per heavy atom. The van der Waals surface area contributed by atoms with Gasteiger partial charge in [-0.15, -0.1) is 0 Å². The topological polar surface area (TPSA) is 95.3 Å². The van der Waals surface area contributed by atoms with E-state index in [2.05, 4.69) is 10.2 Å². The molecule has 2 aromatic rings. The largest absolute Gasteiger partial charge is 0.463 e. The molecule has 0 spiro atoms. The number of amides is 2. The molecule has 0 bridgehead atoms. The molecule has 2 aliphatic rings. The summed E-state index contributed by atoms with van der Waals surface area (Å²) >= 11 is 0. The zero-order valence-electron chi connectivity index (χ0n) is 14.6. The quantitative estimate of drug-likeness (QED) is 0.620. The van der Waals surface area contributed by atoms with Crippen LogP contribution < -0.4 is 10.3 Å². The Balaban J connectivity index is 1.54. The van der Waals surface area contributed by atoms with Crippen molar-refractivity contribution in [2.24, 2.45) is 0 Å². The number of benzene rings is 1. The molecule has 3 heterocycles. The minimum absolute atomic E-state index is 0.00847. The fourth-order valence-electron chi connectivity index (χ4n) is 3.25. The van der Waals surface area contributed by atoms with E-state index in [-0.39, 0.29) is 12.3 Å². The van der Waals surface area contributed by atoms with Gasteiger partial charge in [0, 0.05) is 18.8 Å². The molecule has 2 fully saturated rings. The molecule has 27 heavy (non-hydrogen) atoms. The number of esters is 1. The molecule has 4 rings (SSSR count). The first-order valence-corrected chi connectivity index (χ1v) is 8.46. The third-order valence-corrected chi connectivity index (χ3v) is 4.58. The van der Waals surface area contributed by atoms with Gasteiger partial charge in [0.05, 0.1) is 13.7 Å². The highest BCUT2D eigenvalue weighted by Gasteiger charge is 2.45. The highest BCUT2D eigenvalue weighted by molar-refractivity contribution is 6.35. The lowest BCUT2D eigenvalue weighted by molar-refractivity contribution is -0.163. The van der Waals surface area contributed by atoms with Crippen molar-refractivity contribution in [3.05, 3.63) is 54.0 Å². The highest BCUT2D eigenvalue weighted by Crippen LogP contribution is 2.25. The van der Waals surface area contributed by atoms with Gasteiger partial charge in [0.2, 0.25) is 5.76 Å². The SMILES string of the molecule is COC(=O)c1ccc(CN2NC3N(CCN3c3ccccc3)C(=O)C2=O)o1. The maximum Gasteiger partial charge on any atom is 0.373 e. The lowest BCUT2D eigenvalue weighted by Crippen LogP contribution is -2.67. The molecule has 1 aromatic carbocycles. The summed E-state index contributed by atoms with van der Waals surface area (Å²) in [6.07, 6.45) is -0.465. The third-order valence-electron chi connectivity index (χ3n) is 4.58. The molecule has 140 valence electrons. The lowest BCUT2D eigenvalue weighted by atomic mass is 10.3. The van der Waals surface area contributed by atoms with Crippen LogP contribution in [0.25, 0.3) is 0 Å². The van der Waals surface area contributed by atoms with E-state index in [0.29, 0.717) is 18.8 Å². The summed E-state index contributed by atoms with van der Waals surface area (Å²) < 4.78 is 10.00. The Morgan fingerprint density at radius 1 is 1.11 bits per heavy atom. The zero-order chi connectivity index (χ0) is 19.0. The van der Waals surface area contributed by atoms with Crippen molar-refractivity contribution in [3.63, 3.8) is 0 Å². The van der Waals surface area contributed by atoms with Crippen LogP contribution in [0.4, 0.5) is 5.69 Å². The van der Waals surface area contributed by atoms with Crippen molar-refractivity contribution in [1.29, 1.82) is 0 Å². The number of anilines is 1. The molecule has 9 nitrogen and oxygen atoms in total. The van der Waals surface area contributed by atoms with Crippen molar-refractivity contribution in [2.75, 3.05) is 25.1 Å². The summed E-state index contributed by atoms with van der Waals surface area (Å²) in [5.41, 5.74) is 4.03. The average molecular weight is 370 g/mol. The van der Waals surface area contributed by atoms with Crippen LogP contribution in [-0.2, 0) is 20.9 Å². The molecule has 0 radical (unpaired) electrons. The molecule has 2 aliphatic heterocycles. The first kappa shape index (κ1) is 17.1. The Hall–Kier alpha value is -3.33. The van der Waals surface area contributed by atoms with E-state index < -0.39 is 24.1 Å². The van der Waals surface area contributed by atoms with E-state index in [1.54, 1.807) is 6.07 Å². The van der Waals surface area contributed by atoms with Crippen LogP contribution in [0.5, 0.6) is 0 Å². The third kappa shape index (κ3) is 3.02. The maximum absolute atomic E-state index is 12.5. The number of carbonyl (C=O) groups is 3. The van der Waals surface area contributed by atoms with Gasteiger partial charge in [-0.2, -0.15) is 5.43 Å². The Morgan fingerprint density at radius 2 is 1.85 bits per heavy atom. The number of hydrogen-bond donors (Lipinski definition) is 1. The predicted molar refractivity (Wildman–Crippen MR) is 93.0 cm³/mol. The molecule has 1 aromatic heterocycles. The van der Waals surface area contributed by atoms with Crippen molar-refractivity contribution in [2.45, 2.75) is 12.8 Å². The smallest absolute Gasteiger partial charge is 0.373 e. The standard InChI is InChI=1S/C18H18N4O5/c1-26-17(25)14-8-7-13(27-14)11-22-16(24)15(23)21-10-9-20(18(21)19-22)12-5-3-2-4-6-12/h2-8,18-19H,9-11H2,1H3. The molecule has 0 aliphatic carbocycles. The summed E-state index contributed by atoms with van der Waals surface area (Å²) in [6.45, 7) is 1.08. The van der Waals surface area contributed by atoms with Crippen LogP contribution in [0, 0.1) is 0 Å². The van der Waals surface area contributed by atoms with Gasteiger partial charge in [0.15, 0.2) is 6.29 Å². The number of methoxy groups -OCH3 is 1. The van der Waals surface area contributed by atoms with Gasteiger partial charge in [0.1, 0.15) is 5.76 Å². The van der Waals surface area contributed by atoms with Crippen LogP contribution in [0.1, 0.15) is 16.3 Å². The van der Waals surface area contributed by atoms with Crippen molar-refractivity contribution in [3.8, 4) is 0 Å². The molecular formula is C18H18N4O5. The molecule has 0 saturated carbocycles. The first-order chi connectivity index (χ1) is 13.1. The van der Waals surface area contributed by atoms with Gasteiger partial charge in [0.25, 0.3) is 0 Å². The number of para-hydroxylation sites is 1. The van der Waals surface area contributed by atoms with E-state index >= 15 is 0 Å². The van der Waals surface area contributed by atoms with Crippen LogP contribution >= 0.6 is 0 Å². The molecule has 1 unspecified atom stereocenters. The minimum atomic E-state index is -0.669. The van der Waals surface area contributed by atoms with E-state index in [4.69, 9.17) is 4.42 Å². The second-order valence-electron chi connectivity index (χ2n) is 6.18. The summed E-state index contributed by atoms with van der Waals surface area (Å²) in [6, 6.07) is 12.7. The van der Waals surface area contributed by atoms with E-state index in [0.717, 1.165) is 5.69 Å². The lowest BCUT2D eigenvalue weighted by Gasteiger charge is -2.40. The van der Waals surface area contributed by atoms with Crippen LogP contribution in [-0.4, -0.2) is 54.2 Å². The number of nitrogens with one attached hydrogen (secondary N) is 1. The van der Waals surface area contributed by atoms with Gasteiger partial charge >= 0.3 is 17.8 Å². The normalized spacial score (nSPS) is 19.4. The number of ether oxygens (including phenoxy) is 1. The minimum Gasteiger partial charge on any atom is -0.463 e. The first-order valence-electron chi connectivity index (χ1n) is 8.46. The number of nitrogens with zero attached hydrogens (tertiary/aromatic N) is 3. The zero-order valence-corrected chi connectivity index (χ0v) is 14.6. The Labute approximate surface area is 155 Å². The second kappa shape index (κ2) is 6.76. The van der Waals surface area contributed by atoms with E-state index in [1.807, 2.05) is 35.2 Å². The highest BCUT2D eigenvalue weighted by atomic mass is 16.5. The summed E-state index contributed by atoms with van der Waals surface area (Å²) in [4.78, 5) is 40.0. The fraction of sp³-hybridized carbons (Fsp3) is 0.278. The van der Waals surface area contributed by atoms with Gasteiger partial charge in [-0.1, -0.05) is 18.2 Å². The number of furan rings is 1. The number of rotatable bonds is 4.